The lowest BCUT2D eigenvalue weighted by molar-refractivity contribution is 0.102. The quantitative estimate of drug-likeness (QED) is 0.526. The molecule has 0 saturated heterocycles. The van der Waals surface area contributed by atoms with Crippen molar-refractivity contribution in [2.24, 2.45) is 7.05 Å². The predicted molar refractivity (Wildman–Crippen MR) is 111 cm³/mol. The number of aryl methyl sites for hydroxylation is 2. The van der Waals surface area contributed by atoms with Crippen LogP contribution in [-0.4, -0.2) is 52.3 Å². The first kappa shape index (κ1) is 19.0. The van der Waals surface area contributed by atoms with E-state index in [2.05, 4.69) is 42.2 Å². The lowest BCUT2D eigenvalue weighted by Crippen LogP contribution is -2.13. The van der Waals surface area contributed by atoms with Gasteiger partial charge in [0.1, 0.15) is 28.6 Å². The Labute approximate surface area is 177 Å². The summed E-state index contributed by atoms with van der Waals surface area (Å²) in [5.41, 5.74) is 1.66. The maximum absolute atomic E-state index is 12.9. The molecular weight excluding hydrogens is 398 g/mol. The first-order valence-electron chi connectivity index (χ1n) is 9.88. The number of aromatic nitrogens is 8. The molecule has 0 fully saturated rings. The Balaban J connectivity index is 1.42. The Morgan fingerprint density at radius 1 is 1.26 bits per heavy atom. The fourth-order valence-electron chi connectivity index (χ4n) is 3.74. The third-order valence-corrected chi connectivity index (χ3v) is 5.29. The molecular formula is C20H21N9O2. The molecule has 11 heteroatoms. The van der Waals surface area contributed by atoms with Crippen molar-refractivity contribution in [1.29, 1.82) is 0 Å². The lowest BCUT2D eigenvalue weighted by Gasteiger charge is -2.10. The van der Waals surface area contributed by atoms with E-state index in [9.17, 15) is 4.79 Å². The van der Waals surface area contributed by atoms with Crippen molar-refractivity contribution in [2.45, 2.75) is 25.8 Å². The number of hydrogen-bond acceptors (Lipinski definition) is 7. The van der Waals surface area contributed by atoms with Gasteiger partial charge in [-0.2, -0.15) is 5.10 Å². The average molecular weight is 419 g/mol. The van der Waals surface area contributed by atoms with Crippen molar-refractivity contribution in [3.8, 4) is 23.1 Å². The summed E-state index contributed by atoms with van der Waals surface area (Å²) < 4.78 is 10.6. The number of pyridine rings is 1. The van der Waals surface area contributed by atoms with Crippen LogP contribution in [0.3, 0.4) is 0 Å². The molecule has 4 aromatic rings. The van der Waals surface area contributed by atoms with Crippen LogP contribution in [0.1, 0.15) is 35.6 Å². The Kier molecular flexibility index (Phi) is 4.50. The number of amides is 1. The molecule has 5 heterocycles. The summed E-state index contributed by atoms with van der Waals surface area (Å²) in [6, 6.07) is 5.74. The van der Waals surface area contributed by atoms with Crippen molar-refractivity contribution in [3.05, 3.63) is 48.2 Å². The predicted octanol–water partition coefficient (Wildman–Crippen LogP) is 2.03. The first-order chi connectivity index (χ1) is 15.0. The fourth-order valence-corrected chi connectivity index (χ4v) is 3.74. The number of methoxy groups -OCH3 is 1. The van der Waals surface area contributed by atoms with E-state index in [1.54, 1.807) is 34.0 Å². The Hall–Kier alpha value is -4.02. The Morgan fingerprint density at radius 3 is 2.90 bits per heavy atom. The van der Waals surface area contributed by atoms with Crippen molar-refractivity contribution in [1.82, 2.24) is 39.3 Å². The first-order valence-corrected chi connectivity index (χ1v) is 9.88. The number of anilines is 1. The molecule has 1 N–H and O–H groups in total. The van der Waals surface area contributed by atoms with Crippen molar-refractivity contribution < 1.29 is 9.53 Å². The van der Waals surface area contributed by atoms with Crippen LogP contribution >= 0.6 is 0 Å². The van der Waals surface area contributed by atoms with E-state index in [0.29, 0.717) is 23.4 Å². The molecule has 11 nitrogen and oxygen atoms in total. The van der Waals surface area contributed by atoms with Crippen LogP contribution in [0.15, 0.2) is 36.8 Å². The minimum atomic E-state index is -0.378. The summed E-state index contributed by atoms with van der Waals surface area (Å²) in [6.45, 7) is 2.14. The van der Waals surface area contributed by atoms with Gasteiger partial charge in [0, 0.05) is 25.7 Å². The van der Waals surface area contributed by atoms with E-state index in [-0.39, 0.29) is 17.4 Å². The number of rotatable bonds is 5. The van der Waals surface area contributed by atoms with Crippen LogP contribution in [0.5, 0.6) is 5.88 Å². The van der Waals surface area contributed by atoms with E-state index in [1.165, 1.54) is 7.11 Å². The van der Waals surface area contributed by atoms with Crippen LogP contribution in [0.25, 0.3) is 17.2 Å². The van der Waals surface area contributed by atoms with E-state index in [1.807, 2.05) is 19.2 Å². The zero-order valence-electron chi connectivity index (χ0n) is 17.3. The highest BCUT2D eigenvalue weighted by molar-refractivity contribution is 6.05. The normalized spacial score (nSPS) is 15.1. The highest BCUT2D eigenvalue weighted by Crippen LogP contribution is 2.30. The van der Waals surface area contributed by atoms with Gasteiger partial charge in [0.25, 0.3) is 5.91 Å². The number of nitrogens with one attached hydrogen (secondary N) is 1. The van der Waals surface area contributed by atoms with Gasteiger partial charge in [-0.3, -0.25) is 9.48 Å². The molecule has 0 radical (unpaired) electrons. The van der Waals surface area contributed by atoms with Crippen LogP contribution in [0.2, 0.25) is 0 Å². The van der Waals surface area contributed by atoms with Gasteiger partial charge in [-0.25, -0.2) is 9.67 Å². The standard InChI is InChI=1S/C20H21N9O2/c1-12-7-8-17-24-25-18(29(12)17)15-5-4-6-16(22-15)23-19(30)14-11-28(26-20(14)31-3)13-9-21-27(2)10-13/h4-6,9-12H,7-8H2,1-3H3,(H,22,23,30)/t12-/m0/s1. The van der Waals surface area contributed by atoms with Gasteiger partial charge < -0.3 is 14.6 Å². The van der Waals surface area contributed by atoms with Gasteiger partial charge >= 0.3 is 0 Å². The second-order valence-electron chi connectivity index (χ2n) is 7.43. The largest absolute Gasteiger partial charge is 0.479 e. The van der Waals surface area contributed by atoms with E-state index in [0.717, 1.165) is 24.4 Å². The topological polar surface area (TPSA) is 118 Å². The minimum absolute atomic E-state index is 0.210. The zero-order valence-corrected chi connectivity index (χ0v) is 17.3. The van der Waals surface area contributed by atoms with Crippen LogP contribution in [0, 0.1) is 0 Å². The summed E-state index contributed by atoms with van der Waals surface area (Å²) in [6.07, 6.45) is 6.98. The van der Waals surface area contributed by atoms with E-state index >= 15 is 0 Å². The van der Waals surface area contributed by atoms with E-state index in [4.69, 9.17) is 4.74 Å². The molecule has 31 heavy (non-hydrogen) atoms. The van der Waals surface area contributed by atoms with Crippen LogP contribution in [-0.2, 0) is 13.5 Å². The van der Waals surface area contributed by atoms with Gasteiger partial charge in [-0.15, -0.1) is 15.3 Å². The number of carbonyl (C=O) groups is 1. The lowest BCUT2D eigenvalue weighted by atomic mass is 10.2. The molecule has 0 saturated carbocycles. The van der Waals surface area contributed by atoms with Crippen molar-refractivity contribution >= 4 is 11.7 Å². The molecule has 0 aromatic carbocycles. The monoisotopic (exact) mass is 419 g/mol. The Bertz CT molecular complexity index is 1270. The number of ether oxygens (including phenoxy) is 1. The summed E-state index contributed by atoms with van der Waals surface area (Å²) >= 11 is 0. The van der Waals surface area contributed by atoms with Gasteiger partial charge in [0.05, 0.1) is 19.5 Å². The molecule has 4 aromatic heterocycles. The summed E-state index contributed by atoms with van der Waals surface area (Å²) in [4.78, 5) is 17.5. The minimum Gasteiger partial charge on any atom is -0.479 e. The maximum atomic E-state index is 12.9. The molecule has 1 amide bonds. The number of nitrogens with zero attached hydrogens (tertiary/aromatic N) is 8. The molecule has 1 aliphatic heterocycles. The summed E-state index contributed by atoms with van der Waals surface area (Å²) in [5, 5.41) is 19.8. The van der Waals surface area contributed by atoms with Gasteiger partial charge in [0.2, 0.25) is 5.88 Å². The molecule has 1 atom stereocenters. The number of hydrogen-bond donors (Lipinski definition) is 1. The van der Waals surface area contributed by atoms with Gasteiger partial charge in [-0.1, -0.05) is 6.07 Å². The smallest absolute Gasteiger partial charge is 0.263 e. The Morgan fingerprint density at radius 2 is 2.13 bits per heavy atom. The molecule has 158 valence electrons. The van der Waals surface area contributed by atoms with Crippen LogP contribution < -0.4 is 10.1 Å². The average Bonchev–Trinajstić information content (AvgIpc) is 3.53. The third kappa shape index (κ3) is 3.33. The van der Waals surface area contributed by atoms with Crippen molar-refractivity contribution in [3.63, 3.8) is 0 Å². The van der Waals surface area contributed by atoms with Crippen molar-refractivity contribution in [2.75, 3.05) is 12.4 Å². The SMILES string of the molecule is COc1nn(-c2cnn(C)c2)cc1C(=O)Nc1cccc(-c2nnc3n2[C@@H](C)CC3)n1. The van der Waals surface area contributed by atoms with Gasteiger partial charge in [-0.05, 0) is 25.5 Å². The molecule has 0 aliphatic carbocycles. The zero-order chi connectivity index (χ0) is 21.5. The summed E-state index contributed by atoms with van der Waals surface area (Å²) in [7, 11) is 3.28. The molecule has 0 unspecified atom stereocenters. The fraction of sp³-hybridized carbons (Fsp3) is 0.300. The third-order valence-electron chi connectivity index (χ3n) is 5.29. The highest BCUT2D eigenvalue weighted by Gasteiger charge is 2.25. The molecule has 0 spiro atoms. The second kappa shape index (κ2) is 7.35. The number of carbonyl (C=O) groups excluding carboxylic acids is 1. The molecule has 1 aliphatic rings. The highest BCUT2D eigenvalue weighted by atomic mass is 16.5. The van der Waals surface area contributed by atoms with Gasteiger partial charge in [0.15, 0.2) is 5.82 Å². The number of fused-ring (bicyclic) bond motifs is 1. The summed E-state index contributed by atoms with van der Waals surface area (Å²) in [5.74, 6) is 1.91. The second-order valence-corrected chi connectivity index (χ2v) is 7.43. The van der Waals surface area contributed by atoms with Crippen LogP contribution in [0.4, 0.5) is 5.82 Å². The maximum Gasteiger partial charge on any atom is 0.263 e. The molecule has 0 bridgehead atoms. The molecule has 5 rings (SSSR count). The van der Waals surface area contributed by atoms with E-state index < -0.39 is 0 Å².